The van der Waals surface area contributed by atoms with Gasteiger partial charge < -0.3 is 4.52 Å². The summed E-state index contributed by atoms with van der Waals surface area (Å²) in [6.07, 6.45) is 0. The second-order valence-electron chi connectivity index (χ2n) is 1.48. The summed E-state index contributed by atoms with van der Waals surface area (Å²) in [4.78, 5) is 0.815. The van der Waals surface area contributed by atoms with Gasteiger partial charge in [-0.15, -0.1) is 12.6 Å². The molecule has 1 rings (SSSR count). The number of hydrogen-bond acceptors (Lipinski definition) is 3. The lowest BCUT2D eigenvalue weighted by molar-refractivity contribution is 0.441. The van der Waals surface area contributed by atoms with Gasteiger partial charge >= 0.3 is 0 Å². The van der Waals surface area contributed by atoms with E-state index < -0.39 is 0 Å². The van der Waals surface area contributed by atoms with E-state index in [9.17, 15) is 0 Å². The van der Waals surface area contributed by atoms with Crippen molar-refractivity contribution in [3.63, 3.8) is 0 Å². The molecule has 0 spiro atoms. The monoisotopic (exact) mass is 147 g/mol. The molecule has 0 aliphatic carbocycles. The van der Waals surface area contributed by atoms with E-state index in [1.165, 1.54) is 0 Å². The third kappa shape index (κ3) is 0.884. The van der Waals surface area contributed by atoms with Gasteiger partial charge in [0, 0.05) is 0 Å². The van der Waals surface area contributed by atoms with Crippen LogP contribution in [0, 0.1) is 6.92 Å². The largest absolute Gasteiger partial charge is 0.356 e. The van der Waals surface area contributed by atoms with Crippen molar-refractivity contribution in [3.8, 4) is 0 Å². The Morgan fingerprint density at radius 2 is 2.38 bits per heavy atom. The normalized spacial score (nSPS) is 9.88. The molecule has 1 aromatic rings. The van der Waals surface area contributed by atoms with E-state index in [1.807, 2.05) is 6.92 Å². The van der Waals surface area contributed by atoms with Crippen molar-refractivity contribution in [2.45, 2.75) is 11.8 Å². The summed E-state index contributed by atoms with van der Waals surface area (Å²) in [5, 5.41) is 3.64. The molecule has 2 nitrogen and oxygen atoms in total. The SMILES string of the molecule is Cc1noc(P)c1S. The van der Waals surface area contributed by atoms with Crippen LogP contribution in [-0.2, 0) is 0 Å². The highest BCUT2D eigenvalue weighted by Crippen LogP contribution is 2.09. The van der Waals surface area contributed by atoms with Gasteiger partial charge in [-0.05, 0) is 6.92 Å². The fourth-order valence-electron chi connectivity index (χ4n) is 0.382. The fraction of sp³-hybridized carbons (Fsp3) is 0.250. The Bertz CT molecular complexity index is 178. The average Bonchev–Trinajstić information content (AvgIpc) is 1.98. The van der Waals surface area contributed by atoms with E-state index in [0.717, 1.165) is 10.6 Å². The van der Waals surface area contributed by atoms with Crippen molar-refractivity contribution < 1.29 is 4.52 Å². The maximum atomic E-state index is 4.73. The van der Waals surface area contributed by atoms with Crippen LogP contribution < -0.4 is 5.50 Å². The zero-order valence-electron chi connectivity index (χ0n) is 4.38. The van der Waals surface area contributed by atoms with Gasteiger partial charge in [0.1, 0.15) is 0 Å². The maximum absolute atomic E-state index is 4.73. The maximum Gasteiger partial charge on any atom is 0.165 e. The van der Waals surface area contributed by atoms with Crippen LogP contribution in [0.5, 0.6) is 0 Å². The third-order valence-electron chi connectivity index (χ3n) is 0.857. The van der Waals surface area contributed by atoms with Crippen LogP contribution in [0.15, 0.2) is 9.42 Å². The van der Waals surface area contributed by atoms with E-state index in [-0.39, 0.29) is 0 Å². The van der Waals surface area contributed by atoms with Crippen LogP contribution in [0.25, 0.3) is 0 Å². The van der Waals surface area contributed by atoms with Crippen molar-refractivity contribution in [1.82, 2.24) is 5.16 Å². The van der Waals surface area contributed by atoms with Gasteiger partial charge in [-0.1, -0.05) is 14.4 Å². The van der Waals surface area contributed by atoms with Crippen molar-refractivity contribution in [3.05, 3.63) is 5.69 Å². The highest BCUT2D eigenvalue weighted by atomic mass is 32.1. The third-order valence-corrected chi connectivity index (χ3v) is 2.04. The van der Waals surface area contributed by atoms with Crippen LogP contribution in [0.2, 0.25) is 0 Å². The Balaban J connectivity index is 3.19. The highest BCUT2D eigenvalue weighted by Gasteiger charge is 2.01. The predicted octanol–water partition coefficient (Wildman–Crippen LogP) is 0.772. The van der Waals surface area contributed by atoms with Gasteiger partial charge in [-0.3, -0.25) is 0 Å². The minimum atomic E-state index is 0.700. The molecule has 0 radical (unpaired) electrons. The summed E-state index contributed by atoms with van der Waals surface area (Å²) in [6, 6.07) is 0. The summed E-state index contributed by atoms with van der Waals surface area (Å²) in [5.74, 6) is 0. The molecule has 1 atom stereocenters. The van der Waals surface area contributed by atoms with Crippen LogP contribution in [-0.4, -0.2) is 5.16 Å². The van der Waals surface area contributed by atoms with E-state index >= 15 is 0 Å². The zero-order valence-corrected chi connectivity index (χ0v) is 6.43. The summed E-state index contributed by atoms with van der Waals surface area (Å²) >= 11 is 4.09. The summed E-state index contributed by atoms with van der Waals surface area (Å²) in [5.41, 5.74) is 1.53. The van der Waals surface area contributed by atoms with Crippen molar-refractivity contribution in [2.24, 2.45) is 0 Å². The van der Waals surface area contributed by atoms with Crippen molar-refractivity contribution in [1.29, 1.82) is 0 Å². The Hall–Kier alpha value is -0.0100. The number of nitrogens with zero attached hydrogens (tertiary/aromatic N) is 1. The van der Waals surface area contributed by atoms with Gasteiger partial charge in [-0.2, -0.15) is 0 Å². The number of aromatic nitrogens is 1. The van der Waals surface area contributed by atoms with E-state index in [4.69, 9.17) is 4.52 Å². The number of thiol groups is 1. The molecular formula is C4H6NOPS. The standard InChI is InChI=1S/C4H6NOPS/c1-2-3(8)4(7)6-5-2/h8H,7H2,1H3. The van der Waals surface area contributed by atoms with Crippen LogP contribution in [0.3, 0.4) is 0 Å². The fourth-order valence-corrected chi connectivity index (χ4v) is 0.726. The van der Waals surface area contributed by atoms with Crippen LogP contribution in [0.4, 0.5) is 0 Å². The summed E-state index contributed by atoms with van der Waals surface area (Å²) < 4.78 is 4.73. The number of rotatable bonds is 0. The number of hydrogen-bond donors (Lipinski definition) is 1. The molecule has 1 unspecified atom stereocenters. The second-order valence-corrected chi connectivity index (χ2v) is 2.45. The molecule has 0 bridgehead atoms. The molecule has 44 valence electrons. The summed E-state index contributed by atoms with van der Waals surface area (Å²) in [7, 11) is 2.40. The highest BCUT2D eigenvalue weighted by molar-refractivity contribution is 7.80. The molecule has 8 heavy (non-hydrogen) atoms. The quantitative estimate of drug-likeness (QED) is 0.433. The number of aryl methyl sites for hydroxylation is 1. The van der Waals surface area contributed by atoms with Crippen molar-refractivity contribution in [2.75, 3.05) is 0 Å². The molecule has 1 heterocycles. The molecule has 4 heteroatoms. The summed E-state index contributed by atoms with van der Waals surface area (Å²) in [6.45, 7) is 1.85. The van der Waals surface area contributed by atoms with Gasteiger partial charge in [0.2, 0.25) is 0 Å². The first-order chi connectivity index (χ1) is 3.72. The first kappa shape index (κ1) is 6.12. The lowest BCUT2D eigenvalue weighted by Gasteiger charge is -1.79. The molecule has 0 N–H and O–H groups in total. The van der Waals surface area contributed by atoms with Crippen molar-refractivity contribution >= 4 is 27.4 Å². The predicted molar refractivity (Wildman–Crippen MR) is 37.8 cm³/mol. The molecular weight excluding hydrogens is 141 g/mol. The van der Waals surface area contributed by atoms with Crippen LogP contribution >= 0.6 is 21.9 Å². The Morgan fingerprint density at radius 3 is 2.50 bits per heavy atom. The minimum Gasteiger partial charge on any atom is -0.356 e. The molecule has 0 aliphatic rings. The molecule has 0 fully saturated rings. The molecule has 0 amide bonds. The molecule has 0 saturated heterocycles. The Kier molecular flexibility index (Phi) is 1.59. The zero-order chi connectivity index (χ0) is 6.15. The molecule has 1 aromatic heterocycles. The Labute approximate surface area is 55.2 Å². The van der Waals surface area contributed by atoms with Crippen LogP contribution in [0.1, 0.15) is 5.69 Å². The van der Waals surface area contributed by atoms with E-state index in [0.29, 0.717) is 5.50 Å². The minimum absolute atomic E-state index is 0.700. The van der Waals surface area contributed by atoms with E-state index in [1.54, 1.807) is 0 Å². The van der Waals surface area contributed by atoms with Gasteiger partial charge in [0.25, 0.3) is 0 Å². The average molecular weight is 147 g/mol. The molecule has 0 aliphatic heterocycles. The Morgan fingerprint density at radius 1 is 1.75 bits per heavy atom. The smallest absolute Gasteiger partial charge is 0.165 e. The van der Waals surface area contributed by atoms with Gasteiger partial charge in [0.15, 0.2) is 5.50 Å². The first-order valence-corrected chi connectivity index (χ1v) is 3.15. The lowest BCUT2D eigenvalue weighted by atomic mass is 10.5. The van der Waals surface area contributed by atoms with E-state index in [2.05, 4.69) is 27.0 Å². The lowest BCUT2D eigenvalue weighted by Crippen LogP contribution is -1.83. The second kappa shape index (κ2) is 2.08. The van der Waals surface area contributed by atoms with Gasteiger partial charge in [0.05, 0.1) is 10.6 Å². The topological polar surface area (TPSA) is 26.0 Å². The molecule has 0 aromatic carbocycles. The van der Waals surface area contributed by atoms with Gasteiger partial charge in [-0.25, -0.2) is 0 Å². The molecule has 0 saturated carbocycles. The first-order valence-electron chi connectivity index (χ1n) is 2.12.